The van der Waals surface area contributed by atoms with Gasteiger partial charge in [-0.2, -0.15) is 8.42 Å². The minimum absolute atomic E-state index is 0.171. The molecule has 0 aromatic rings. The molecule has 0 aliphatic carbocycles. The Morgan fingerprint density at radius 3 is 1.42 bits per heavy atom. The topological polar surface area (TPSA) is 132 Å². The van der Waals surface area contributed by atoms with Crippen LogP contribution in [0.5, 0.6) is 0 Å². The lowest BCUT2D eigenvalue weighted by Gasteiger charge is -2.37. The van der Waals surface area contributed by atoms with E-state index in [4.69, 9.17) is 4.55 Å². The van der Waals surface area contributed by atoms with Crippen LogP contribution in [0.1, 0.15) is 91.9 Å². The summed E-state index contributed by atoms with van der Waals surface area (Å²) in [6.45, 7) is 6.20. The molecule has 0 saturated heterocycles. The number of carbonyl (C=O) groups is 1. The van der Waals surface area contributed by atoms with Crippen LogP contribution in [0, 0.1) is 0 Å². The summed E-state index contributed by atoms with van der Waals surface area (Å²) in [7, 11) is -7.62. The first kappa shape index (κ1) is 25.8. The van der Waals surface area contributed by atoms with E-state index < -0.39 is 30.5 Å². The lowest BCUT2D eigenvalue weighted by atomic mass is 10.00. The molecule has 0 atom stereocenters. The van der Waals surface area contributed by atoms with E-state index in [1.807, 2.05) is 0 Å². The number of carbonyl (C=O) groups excluding carboxylic acids is 1. The third-order valence-electron chi connectivity index (χ3n) is 4.91. The van der Waals surface area contributed by atoms with Gasteiger partial charge in [-0.1, -0.05) is 25.7 Å². The van der Waals surface area contributed by atoms with Gasteiger partial charge in [0.15, 0.2) is 0 Å². The quantitative estimate of drug-likeness (QED) is 0.228. The van der Waals surface area contributed by atoms with Gasteiger partial charge in [0.2, 0.25) is 0 Å². The molecule has 0 rings (SSSR count). The first-order valence-corrected chi connectivity index (χ1v) is 12.0. The van der Waals surface area contributed by atoms with Crippen LogP contribution in [0.25, 0.3) is 0 Å². The molecule has 9 heteroatoms. The Labute approximate surface area is 159 Å². The van der Waals surface area contributed by atoms with Gasteiger partial charge in [0.25, 0.3) is 10.1 Å². The van der Waals surface area contributed by atoms with Gasteiger partial charge < -0.3 is 13.7 Å². The zero-order chi connectivity index (χ0) is 20.6. The zero-order valence-corrected chi connectivity index (χ0v) is 18.0. The minimum atomic E-state index is -4.06. The maximum atomic E-state index is 11.8. The summed E-state index contributed by atoms with van der Waals surface area (Å²) in [6, 6.07) is 0. The van der Waals surface area contributed by atoms with Crippen molar-refractivity contribution in [2.45, 2.75) is 101 Å². The van der Waals surface area contributed by atoms with Crippen LogP contribution in [-0.2, 0) is 14.9 Å². The normalized spacial score (nSPS) is 14.5. The number of ketones is 1. The third kappa shape index (κ3) is 9.66. The molecule has 0 bridgehead atoms. The monoisotopic (exact) mass is 416 g/mol. The van der Waals surface area contributed by atoms with E-state index in [1.54, 1.807) is 13.8 Å². The van der Waals surface area contributed by atoms with E-state index in [2.05, 4.69) is 0 Å². The molecule has 0 radical (unpaired) electrons. The Hall–Kier alpha value is -0.190. The van der Waals surface area contributed by atoms with Gasteiger partial charge in [-0.15, -0.1) is 0 Å². The van der Waals surface area contributed by atoms with Crippen LogP contribution >= 0.6 is 10.9 Å². The summed E-state index contributed by atoms with van der Waals surface area (Å²) >= 11 is 0. The first-order chi connectivity index (χ1) is 11.6. The van der Waals surface area contributed by atoms with Crippen LogP contribution in [0.2, 0.25) is 0 Å². The van der Waals surface area contributed by atoms with Crippen LogP contribution in [0.3, 0.4) is 0 Å². The molecule has 7 nitrogen and oxygen atoms in total. The Morgan fingerprint density at radius 2 is 1.08 bits per heavy atom. The molecule has 0 unspecified atom stereocenters. The van der Waals surface area contributed by atoms with E-state index >= 15 is 0 Å². The van der Waals surface area contributed by atoms with Crippen molar-refractivity contribution >= 4 is 26.8 Å². The largest absolute Gasteiger partial charge is 0.308 e. The van der Waals surface area contributed by atoms with Crippen molar-refractivity contribution in [3.63, 3.8) is 0 Å². The van der Waals surface area contributed by atoms with Gasteiger partial charge in [0, 0.05) is 12.8 Å². The highest BCUT2D eigenvalue weighted by molar-refractivity contribution is 8.20. The fourth-order valence-electron chi connectivity index (χ4n) is 2.49. The predicted octanol–water partition coefficient (Wildman–Crippen LogP) is 5.13. The van der Waals surface area contributed by atoms with Gasteiger partial charge in [-0.25, -0.2) is 0 Å². The molecule has 158 valence electrons. The van der Waals surface area contributed by atoms with Crippen molar-refractivity contribution in [2.24, 2.45) is 0 Å². The fraction of sp³-hybridized carbons (Fsp3) is 0.941. The van der Waals surface area contributed by atoms with Gasteiger partial charge in [0.05, 0.1) is 20.4 Å². The number of unbranched alkanes of at least 4 members (excludes halogenated alkanes) is 4. The smallest absolute Gasteiger partial charge is 0.270 e. The highest BCUT2D eigenvalue weighted by atomic mass is 32.3. The van der Waals surface area contributed by atoms with E-state index in [0.717, 1.165) is 19.3 Å². The maximum absolute atomic E-state index is 11.8. The molecular weight excluding hydrogens is 380 g/mol. The molecule has 0 aliphatic heterocycles. The Bertz CT molecular complexity index is 534. The molecular formula is C17H36O7S2. The molecule has 0 fully saturated rings. The van der Waals surface area contributed by atoms with Crippen molar-refractivity contribution in [2.75, 3.05) is 0 Å². The van der Waals surface area contributed by atoms with Crippen molar-refractivity contribution in [1.29, 1.82) is 0 Å². The van der Waals surface area contributed by atoms with E-state index in [-0.39, 0.29) is 5.78 Å². The molecule has 0 aliphatic rings. The second-order valence-electron chi connectivity index (χ2n) is 8.17. The predicted molar refractivity (Wildman–Crippen MR) is 106 cm³/mol. The summed E-state index contributed by atoms with van der Waals surface area (Å²) in [5, 5.41) is 0. The Kier molecular flexibility index (Phi) is 10.3. The summed E-state index contributed by atoms with van der Waals surface area (Å²) < 4.78 is 57.3. The van der Waals surface area contributed by atoms with Crippen LogP contribution in [0.4, 0.5) is 0 Å². The second-order valence-corrected chi connectivity index (χ2v) is 12.4. The molecule has 0 saturated carbocycles. The van der Waals surface area contributed by atoms with Crippen LogP contribution in [0.15, 0.2) is 0 Å². The van der Waals surface area contributed by atoms with Crippen LogP contribution < -0.4 is 0 Å². The summed E-state index contributed by atoms with van der Waals surface area (Å²) in [5.41, 5.74) is 0. The van der Waals surface area contributed by atoms with Gasteiger partial charge in [-0.05, 0) is 53.4 Å². The fourth-order valence-corrected chi connectivity index (χ4v) is 3.31. The molecule has 4 N–H and O–H groups in total. The average molecular weight is 417 g/mol. The van der Waals surface area contributed by atoms with E-state index in [9.17, 15) is 26.9 Å². The molecule has 0 spiro atoms. The Balaban J connectivity index is 3.80. The van der Waals surface area contributed by atoms with Gasteiger partial charge >= 0.3 is 0 Å². The van der Waals surface area contributed by atoms with Crippen molar-refractivity contribution < 1.29 is 31.4 Å². The third-order valence-corrected chi connectivity index (χ3v) is 8.20. The van der Waals surface area contributed by atoms with Crippen LogP contribution in [-0.4, -0.2) is 41.9 Å². The standard InChI is InChI=1S/C17H36O7S2/c1-16(2,25(19,20)21)13-9-5-7-11-15(18)12-8-6-10-14-17(3,4)26(22,23)24/h19-21H,5-14H2,1-4H3,(H,22,23,24). The summed E-state index contributed by atoms with van der Waals surface area (Å²) in [4.78, 5) is 11.8. The maximum Gasteiger partial charge on any atom is 0.270 e. The highest BCUT2D eigenvalue weighted by Gasteiger charge is 2.35. The minimum Gasteiger partial charge on any atom is -0.308 e. The number of Topliss-reactive ketones (excluding diaryl/α,β-unsaturated/α-hetero) is 1. The summed E-state index contributed by atoms with van der Waals surface area (Å²) in [5.74, 6) is 0.171. The lowest BCUT2D eigenvalue weighted by molar-refractivity contribution is -0.119. The van der Waals surface area contributed by atoms with E-state index in [1.165, 1.54) is 13.8 Å². The molecule has 0 aromatic carbocycles. The highest BCUT2D eigenvalue weighted by Crippen LogP contribution is 2.50. The first-order valence-electron chi connectivity index (χ1n) is 9.09. The average Bonchev–Trinajstić information content (AvgIpc) is 2.43. The second kappa shape index (κ2) is 10.4. The molecule has 0 aromatic heterocycles. The molecule has 0 heterocycles. The number of hydrogen-bond donors (Lipinski definition) is 4. The SMILES string of the molecule is CC(C)(CCCCCC(=O)CCCCCC(C)(C)S(=O)(=O)O)S(O)(O)O. The van der Waals surface area contributed by atoms with Crippen molar-refractivity contribution in [3.8, 4) is 0 Å². The molecule has 0 amide bonds. The van der Waals surface area contributed by atoms with Gasteiger partial charge in [-0.3, -0.25) is 9.35 Å². The lowest BCUT2D eigenvalue weighted by Crippen LogP contribution is -2.31. The van der Waals surface area contributed by atoms with Gasteiger partial charge in [0.1, 0.15) is 5.78 Å². The molecule has 26 heavy (non-hydrogen) atoms. The number of hydrogen-bond acceptors (Lipinski definition) is 6. The van der Waals surface area contributed by atoms with E-state index in [0.29, 0.717) is 44.9 Å². The summed E-state index contributed by atoms with van der Waals surface area (Å²) in [6.07, 6.45) is 6.10. The van der Waals surface area contributed by atoms with Crippen molar-refractivity contribution in [1.82, 2.24) is 0 Å². The zero-order valence-electron chi connectivity index (χ0n) is 16.4. The number of rotatable bonds is 14. The van der Waals surface area contributed by atoms with Crippen molar-refractivity contribution in [3.05, 3.63) is 0 Å². The Morgan fingerprint density at radius 1 is 0.692 bits per heavy atom.